The molecule has 1 atom stereocenters. The molecule has 15 heavy (non-hydrogen) atoms. The normalized spacial score (nSPS) is 18.6. The lowest BCUT2D eigenvalue weighted by Gasteiger charge is -2.22. The van der Waals surface area contributed by atoms with E-state index in [9.17, 15) is 4.79 Å². The molecule has 1 amide bonds. The molecule has 1 aliphatic rings. The first-order chi connectivity index (χ1) is 7.31. The molecular formula is C12H13NOS. The number of nitrogens with one attached hydrogen (secondary N) is 1. The first kappa shape index (κ1) is 10.3. The van der Waals surface area contributed by atoms with Gasteiger partial charge in [-0.05, 0) is 49.1 Å². The molecule has 1 heterocycles. The molecule has 0 aromatic carbocycles. The summed E-state index contributed by atoms with van der Waals surface area (Å²) < 4.78 is 0. The highest BCUT2D eigenvalue weighted by Crippen LogP contribution is 2.32. The molecule has 0 bridgehead atoms. The number of amides is 1. The monoisotopic (exact) mass is 219 g/mol. The van der Waals surface area contributed by atoms with Gasteiger partial charge in [0.05, 0.1) is 6.04 Å². The van der Waals surface area contributed by atoms with Crippen LogP contribution in [0.5, 0.6) is 0 Å². The lowest BCUT2D eigenvalue weighted by atomic mass is 9.94. The fourth-order valence-corrected chi connectivity index (χ4v) is 2.93. The standard InChI is InChI=1S/C12H13NOS/c1-2-4-12(14)13-10-5-3-6-11-9(10)7-8-15-11/h7-8,10H,3,5-6H2,1H3,(H,13,14). The van der Waals surface area contributed by atoms with Crippen molar-refractivity contribution in [2.75, 3.05) is 0 Å². The minimum atomic E-state index is -0.165. The number of carbonyl (C=O) groups excluding carboxylic acids is 1. The van der Waals surface area contributed by atoms with E-state index in [-0.39, 0.29) is 11.9 Å². The molecule has 1 aromatic rings. The van der Waals surface area contributed by atoms with Crippen molar-refractivity contribution in [2.45, 2.75) is 32.2 Å². The number of fused-ring (bicyclic) bond motifs is 1. The molecule has 78 valence electrons. The Bertz CT molecular complexity index is 424. The Balaban J connectivity index is 2.12. The first-order valence-electron chi connectivity index (χ1n) is 5.11. The second-order valence-electron chi connectivity index (χ2n) is 3.59. The van der Waals surface area contributed by atoms with Crippen molar-refractivity contribution in [1.82, 2.24) is 5.32 Å². The van der Waals surface area contributed by atoms with Gasteiger partial charge in [-0.1, -0.05) is 5.92 Å². The van der Waals surface area contributed by atoms with Crippen molar-refractivity contribution < 1.29 is 4.79 Å². The van der Waals surface area contributed by atoms with Gasteiger partial charge in [0, 0.05) is 4.88 Å². The number of aryl methyl sites for hydroxylation is 1. The first-order valence-corrected chi connectivity index (χ1v) is 5.98. The maximum Gasteiger partial charge on any atom is 0.296 e. The lowest BCUT2D eigenvalue weighted by Crippen LogP contribution is -2.29. The molecule has 2 nitrogen and oxygen atoms in total. The molecular weight excluding hydrogens is 206 g/mol. The number of carbonyl (C=O) groups is 1. The van der Waals surface area contributed by atoms with Crippen LogP contribution in [0.15, 0.2) is 11.4 Å². The van der Waals surface area contributed by atoms with Crippen LogP contribution >= 0.6 is 11.3 Å². The Kier molecular flexibility index (Phi) is 3.08. The molecule has 0 spiro atoms. The van der Waals surface area contributed by atoms with Gasteiger partial charge in [0.15, 0.2) is 0 Å². The van der Waals surface area contributed by atoms with E-state index in [1.807, 2.05) is 0 Å². The van der Waals surface area contributed by atoms with Gasteiger partial charge in [-0.2, -0.15) is 0 Å². The third-order valence-corrected chi connectivity index (χ3v) is 3.59. The van der Waals surface area contributed by atoms with E-state index in [2.05, 4.69) is 28.6 Å². The van der Waals surface area contributed by atoms with Gasteiger partial charge < -0.3 is 5.32 Å². The van der Waals surface area contributed by atoms with Crippen molar-refractivity contribution in [3.8, 4) is 11.8 Å². The second kappa shape index (κ2) is 4.50. The van der Waals surface area contributed by atoms with Crippen LogP contribution in [0.2, 0.25) is 0 Å². The van der Waals surface area contributed by atoms with E-state index in [4.69, 9.17) is 0 Å². The molecule has 2 rings (SSSR count). The molecule has 1 N–H and O–H groups in total. The number of hydrogen-bond acceptors (Lipinski definition) is 2. The zero-order valence-electron chi connectivity index (χ0n) is 8.67. The predicted octanol–water partition coefficient (Wildman–Crippen LogP) is 2.27. The van der Waals surface area contributed by atoms with Crippen molar-refractivity contribution in [1.29, 1.82) is 0 Å². The quantitative estimate of drug-likeness (QED) is 0.721. The van der Waals surface area contributed by atoms with E-state index in [1.165, 1.54) is 10.4 Å². The Morgan fingerprint density at radius 1 is 1.67 bits per heavy atom. The largest absolute Gasteiger partial charge is 0.338 e. The van der Waals surface area contributed by atoms with E-state index >= 15 is 0 Å². The van der Waals surface area contributed by atoms with Crippen LogP contribution in [0.4, 0.5) is 0 Å². The Morgan fingerprint density at radius 3 is 3.33 bits per heavy atom. The number of rotatable bonds is 1. The van der Waals surface area contributed by atoms with Crippen molar-refractivity contribution in [3.05, 3.63) is 21.9 Å². The molecule has 0 fully saturated rings. The molecule has 3 heteroatoms. The average Bonchev–Trinajstić information content (AvgIpc) is 2.67. The molecule has 0 aliphatic heterocycles. The van der Waals surface area contributed by atoms with Crippen molar-refractivity contribution >= 4 is 17.2 Å². The minimum Gasteiger partial charge on any atom is -0.338 e. The maximum atomic E-state index is 11.4. The van der Waals surface area contributed by atoms with E-state index in [0.717, 1.165) is 19.3 Å². The highest BCUT2D eigenvalue weighted by Gasteiger charge is 2.21. The van der Waals surface area contributed by atoms with Crippen LogP contribution in [0.1, 0.15) is 36.2 Å². The zero-order chi connectivity index (χ0) is 10.7. The van der Waals surface area contributed by atoms with Crippen molar-refractivity contribution in [3.63, 3.8) is 0 Å². The van der Waals surface area contributed by atoms with Gasteiger partial charge in [0.25, 0.3) is 5.91 Å². The molecule has 0 radical (unpaired) electrons. The van der Waals surface area contributed by atoms with Gasteiger partial charge in [0.1, 0.15) is 0 Å². The summed E-state index contributed by atoms with van der Waals surface area (Å²) in [6.07, 6.45) is 3.33. The van der Waals surface area contributed by atoms with E-state index in [1.54, 1.807) is 18.3 Å². The fraction of sp³-hybridized carbons (Fsp3) is 0.417. The van der Waals surface area contributed by atoms with Gasteiger partial charge in [-0.3, -0.25) is 4.79 Å². The van der Waals surface area contributed by atoms with Gasteiger partial charge >= 0.3 is 0 Å². The van der Waals surface area contributed by atoms with Crippen LogP contribution in [-0.2, 0) is 11.2 Å². The number of thiophene rings is 1. The highest BCUT2D eigenvalue weighted by molar-refractivity contribution is 7.10. The SMILES string of the molecule is CC#CC(=O)NC1CCCc2sccc21. The molecule has 0 saturated carbocycles. The smallest absolute Gasteiger partial charge is 0.296 e. The van der Waals surface area contributed by atoms with Crippen LogP contribution < -0.4 is 5.32 Å². The summed E-state index contributed by atoms with van der Waals surface area (Å²) in [5.74, 6) is 4.97. The summed E-state index contributed by atoms with van der Waals surface area (Å²) in [6, 6.07) is 2.29. The summed E-state index contributed by atoms with van der Waals surface area (Å²) in [6.45, 7) is 1.68. The summed E-state index contributed by atoms with van der Waals surface area (Å²) >= 11 is 1.78. The molecule has 1 aromatic heterocycles. The second-order valence-corrected chi connectivity index (χ2v) is 4.59. The Labute approximate surface area is 93.7 Å². The molecule has 1 aliphatic carbocycles. The predicted molar refractivity (Wildman–Crippen MR) is 61.6 cm³/mol. The van der Waals surface area contributed by atoms with Gasteiger partial charge in [0.2, 0.25) is 0 Å². The third kappa shape index (κ3) is 2.21. The highest BCUT2D eigenvalue weighted by atomic mass is 32.1. The zero-order valence-corrected chi connectivity index (χ0v) is 9.49. The lowest BCUT2D eigenvalue weighted by molar-refractivity contribution is -0.116. The van der Waals surface area contributed by atoms with Crippen LogP contribution in [0.3, 0.4) is 0 Å². The molecule has 1 unspecified atom stereocenters. The van der Waals surface area contributed by atoms with Crippen LogP contribution in [0.25, 0.3) is 0 Å². The van der Waals surface area contributed by atoms with Gasteiger partial charge in [-0.25, -0.2) is 0 Å². The third-order valence-electron chi connectivity index (χ3n) is 2.60. The summed E-state index contributed by atoms with van der Waals surface area (Å²) in [5.41, 5.74) is 1.29. The Morgan fingerprint density at radius 2 is 2.53 bits per heavy atom. The topological polar surface area (TPSA) is 29.1 Å². The summed E-state index contributed by atoms with van der Waals surface area (Å²) in [7, 11) is 0. The number of hydrogen-bond donors (Lipinski definition) is 1. The average molecular weight is 219 g/mol. The van der Waals surface area contributed by atoms with E-state index < -0.39 is 0 Å². The maximum absolute atomic E-state index is 11.4. The molecule has 0 saturated heterocycles. The summed E-state index contributed by atoms with van der Waals surface area (Å²) in [5, 5.41) is 5.05. The van der Waals surface area contributed by atoms with Crippen LogP contribution in [0, 0.1) is 11.8 Å². The van der Waals surface area contributed by atoms with Crippen molar-refractivity contribution in [2.24, 2.45) is 0 Å². The fourth-order valence-electron chi connectivity index (χ4n) is 1.94. The summed E-state index contributed by atoms with van der Waals surface area (Å²) in [4.78, 5) is 12.8. The van der Waals surface area contributed by atoms with E-state index in [0.29, 0.717) is 0 Å². The Hall–Kier alpha value is -1.27. The van der Waals surface area contributed by atoms with Crippen LogP contribution in [-0.4, -0.2) is 5.91 Å². The van der Waals surface area contributed by atoms with Gasteiger partial charge in [-0.15, -0.1) is 11.3 Å². The minimum absolute atomic E-state index is 0.165.